The van der Waals surface area contributed by atoms with E-state index in [-0.39, 0.29) is 5.91 Å². The van der Waals surface area contributed by atoms with Crippen molar-refractivity contribution in [1.82, 2.24) is 4.90 Å². The SMILES string of the molecule is [NH3+]CCC(=O)N1CCOCC1. The van der Waals surface area contributed by atoms with Gasteiger partial charge in [0.2, 0.25) is 5.91 Å². The van der Waals surface area contributed by atoms with Gasteiger partial charge in [0.05, 0.1) is 26.2 Å². The molecule has 1 aliphatic heterocycles. The van der Waals surface area contributed by atoms with Gasteiger partial charge in [-0.3, -0.25) is 4.79 Å². The molecule has 0 bridgehead atoms. The van der Waals surface area contributed by atoms with Crippen LogP contribution in [0.15, 0.2) is 0 Å². The molecule has 0 unspecified atom stereocenters. The first-order valence-electron chi connectivity index (χ1n) is 3.99. The van der Waals surface area contributed by atoms with Crippen molar-refractivity contribution in [1.29, 1.82) is 0 Å². The molecular weight excluding hydrogens is 144 g/mol. The van der Waals surface area contributed by atoms with Crippen LogP contribution in [0.25, 0.3) is 0 Å². The van der Waals surface area contributed by atoms with Gasteiger partial charge in [0.1, 0.15) is 0 Å². The minimum Gasteiger partial charge on any atom is -0.378 e. The molecule has 0 aromatic carbocycles. The van der Waals surface area contributed by atoms with Crippen LogP contribution >= 0.6 is 0 Å². The van der Waals surface area contributed by atoms with Gasteiger partial charge in [-0.05, 0) is 0 Å². The van der Waals surface area contributed by atoms with E-state index in [9.17, 15) is 4.79 Å². The molecule has 0 spiro atoms. The molecule has 0 radical (unpaired) electrons. The molecule has 0 atom stereocenters. The predicted octanol–water partition coefficient (Wildman–Crippen LogP) is -1.52. The lowest BCUT2D eigenvalue weighted by Gasteiger charge is -2.26. The number of nitrogens with zero attached hydrogens (tertiary/aromatic N) is 1. The van der Waals surface area contributed by atoms with E-state index in [0.717, 1.165) is 13.1 Å². The van der Waals surface area contributed by atoms with E-state index in [2.05, 4.69) is 5.73 Å². The Hall–Kier alpha value is -0.610. The monoisotopic (exact) mass is 159 g/mol. The molecule has 1 rings (SSSR count). The van der Waals surface area contributed by atoms with Gasteiger partial charge < -0.3 is 15.4 Å². The highest BCUT2D eigenvalue weighted by molar-refractivity contribution is 5.76. The molecule has 1 aliphatic rings. The molecule has 1 amide bonds. The molecule has 1 fully saturated rings. The fourth-order valence-electron chi connectivity index (χ4n) is 1.12. The largest absolute Gasteiger partial charge is 0.378 e. The summed E-state index contributed by atoms with van der Waals surface area (Å²) < 4.78 is 5.12. The molecule has 3 N–H and O–H groups in total. The van der Waals surface area contributed by atoms with E-state index in [1.165, 1.54) is 0 Å². The molecule has 0 saturated carbocycles. The van der Waals surface area contributed by atoms with Crippen LogP contribution in [0, 0.1) is 0 Å². The Morgan fingerprint density at radius 3 is 2.64 bits per heavy atom. The summed E-state index contributed by atoms with van der Waals surface area (Å²) in [5.41, 5.74) is 3.64. The van der Waals surface area contributed by atoms with Crippen molar-refractivity contribution in [3.8, 4) is 0 Å². The van der Waals surface area contributed by atoms with Gasteiger partial charge in [-0.25, -0.2) is 0 Å². The summed E-state index contributed by atoms with van der Waals surface area (Å²) in [5.74, 6) is 0.211. The van der Waals surface area contributed by atoms with Crippen LogP contribution in [0.3, 0.4) is 0 Å². The number of rotatable bonds is 2. The van der Waals surface area contributed by atoms with Crippen molar-refractivity contribution in [3.63, 3.8) is 0 Å². The lowest BCUT2D eigenvalue weighted by molar-refractivity contribution is -0.366. The zero-order valence-electron chi connectivity index (χ0n) is 6.71. The first-order chi connectivity index (χ1) is 5.34. The number of quaternary nitrogens is 1. The van der Waals surface area contributed by atoms with Crippen LogP contribution in [0.1, 0.15) is 6.42 Å². The van der Waals surface area contributed by atoms with Crippen LogP contribution in [0.5, 0.6) is 0 Å². The first kappa shape index (κ1) is 8.49. The Balaban J connectivity index is 2.27. The lowest BCUT2D eigenvalue weighted by atomic mass is 10.3. The van der Waals surface area contributed by atoms with Crippen LogP contribution in [-0.2, 0) is 9.53 Å². The fraction of sp³-hybridized carbons (Fsp3) is 0.857. The number of hydrogen-bond donors (Lipinski definition) is 1. The third-order valence-corrected chi connectivity index (χ3v) is 1.75. The highest BCUT2D eigenvalue weighted by Gasteiger charge is 2.15. The number of amides is 1. The zero-order chi connectivity index (χ0) is 8.10. The summed E-state index contributed by atoms with van der Waals surface area (Å²) >= 11 is 0. The molecular formula is C7H15N2O2+. The van der Waals surface area contributed by atoms with Crippen LogP contribution in [-0.4, -0.2) is 43.7 Å². The van der Waals surface area contributed by atoms with Gasteiger partial charge in [0, 0.05) is 13.1 Å². The molecule has 0 aliphatic carbocycles. The minimum absolute atomic E-state index is 0.211. The average Bonchev–Trinajstić information content (AvgIpc) is 2.07. The second kappa shape index (κ2) is 4.31. The highest BCUT2D eigenvalue weighted by atomic mass is 16.5. The third-order valence-electron chi connectivity index (χ3n) is 1.75. The summed E-state index contributed by atoms with van der Waals surface area (Å²) in [6.45, 7) is 3.56. The van der Waals surface area contributed by atoms with Gasteiger partial charge >= 0.3 is 0 Å². The molecule has 0 aromatic heterocycles. The molecule has 11 heavy (non-hydrogen) atoms. The average molecular weight is 159 g/mol. The summed E-state index contributed by atoms with van der Waals surface area (Å²) in [6.07, 6.45) is 0.569. The van der Waals surface area contributed by atoms with Gasteiger partial charge in [-0.2, -0.15) is 0 Å². The summed E-state index contributed by atoms with van der Waals surface area (Å²) in [7, 11) is 0. The van der Waals surface area contributed by atoms with Gasteiger partial charge in [0.25, 0.3) is 0 Å². The standard InChI is InChI=1S/C7H14N2O2/c8-2-1-7(10)9-3-5-11-6-4-9/h1-6,8H2/p+1. The smallest absolute Gasteiger partial charge is 0.228 e. The fourth-order valence-corrected chi connectivity index (χ4v) is 1.12. The Morgan fingerprint density at radius 2 is 2.09 bits per heavy atom. The Labute approximate surface area is 66.3 Å². The van der Waals surface area contributed by atoms with Gasteiger partial charge in [0.15, 0.2) is 0 Å². The van der Waals surface area contributed by atoms with Crippen molar-refractivity contribution in [2.75, 3.05) is 32.8 Å². The van der Waals surface area contributed by atoms with Crippen LogP contribution in [0.2, 0.25) is 0 Å². The lowest BCUT2D eigenvalue weighted by Crippen LogP contribution is -2.53. The van der Waals surface area contributed by atoms with E-state index in [1.807, 2.05) is 4.90 Å². The van der Waals surface area contributed by atoms with E-state index in [4.69, 9.17) is 4.74 Å². The third kappa shape index (κ3) is 2.48. The second-order valence-corrected chi connectivity index (χ2v) is 2.60. The van der Waals surface area contributed by atoms with E-state index in [0.29, 0.717) is 26.2 Å². The van der Waals surface area contributed by atoms with E-state index < -0.39 is 0 Å². The number of carbonyl (C=O) groups is 1. The van der Waals surface area contributed by atoms with Crippen molar-refractivity contribution in [2.45, 2.75) is 6.42 Å². The molecule has 64 valence electrons. The van der Waals surface area contributed by atoms with Crippen molar-refractivity contribution in [2.24, 2.45) is 0 Å². The molecule has 0 aromatic rings. The number of hydrogen-bond acceptors (Lipinski definition) is 2. The molecule has 1 saturated heterocycles. The van der Waals surface area contributed by atoms with Crippen molar-refractivity contribution < 1.29 is 15.3 Å². The van der Waals surface area contributed by atoms with Crippen LogP contribution in [0.4, 0.5) is 0 Å². The highest BCUT2D eigenvalue weighted by Crippen LogP contribution is 1.98. The topological polar surface area (TPSA) is 57.2 Å². The van der Waals surface area contributed by atoms with E-state index in [1.54, 1.807) is 0 Å². The van der Waals surface area contributed by atoms with Crippen molar-refractivity contribution in [3.05, 3.63) is 0 Å². The first-order valence-corrected chi connectivity index (χ1v) is 3.99. The van der Waals surface area contributed by atoms with Gasteiger partial charge in [-0.1, -0.05) is 0 Å². The van der Waals surface area contributed by atoms with Crippen molar-refractivity contribution >= 4 is 5.91 Å². The normalized spacial score (nSPS) is 18.5. The second-order valence-electron chi connectivity index (χ2n) is 2.60. The Kier molecular flexibility index (Phi) is 3.32. The Morgan fingerprint density at radius 1 is 1.45 bits per heavy atom. The summed E-state index contributed by atoms with van der Waals surface area (Å²) in [5, 5.41) is 0. The van der Waals surface area contributed by atoms with Gasteiger partial charge in [-0.15, -0.1) is 0 Å². The summed E-state index contributed by atoms with van der Waals surface area (Å²) in [6, 6.07) is 0. The summed E-state index contributed by atoms with van der Waals surface area (Å²) in [4.78, 5) is 13.1. The maximum absolute atomic E-state index is 11.2. The minimum atomic E-state index is 0.211. The molecule has 4 nitrogen and oxygen atoms in total. The molecule has 4 heteroatoms. The number of carbonyl (C=O) groups excluding carboxylic acids is 1. The number of ether oxygens (including phenoxy) is 1. The maximum atomic E-state index is 11.2. The Bertz CT molecular complexity index is 132. The maximum Gasteiger partial charge on any atom is 0.228 e. The quantitative estimate of drug-likeness (QED) is 0.532. The van der Waals surface area contributed by atoms with E-state index >= 15 is 0 Å². The van der Waals surface area contributed by atoms with Crippen LogP contribution < -0.4 is 5.73 Å². The molecule has 1 heterocycles. The predicted molar refractivity (Wildman–Crippen MR) is 39.8 cm³/mol. The number of morpholine rings is 1. The zero-order valence-corrected chi connectivity index (χ0v) is 6.71.